The number of carbonyl (C=O) groups excluding carboxylic acids is 2. The summed E-state index contributed by atoms with van der Waals surface area (Å²) in [6.07, 6.45) is 0. The number of para-hydroxylation sites is 1. The Hall–Kier alpha value is -4.17. The van der Waals surface area contributed by atoms with Crippen molar-refractivity contribution in [3.05, 3.63) is 88.0 Å². The Labute approximate surface area is 218 Å². The first kappa shape index (κ1) is 24.5. The largest absolute Gasteiger partial charge is 0.507 e. The van der Waals surface area contributed by atoms with Crippen molar-refractivity contribution in [2.24, 2.45) is 0 Å². The smallest absolute Gasteiger partial charge is 0.301 e. The van der Waals surface area contributed by atoms with Crippen molar-refractivity contribution in [2.45, 2.75) is 26.8 Å². The fourth-order valence-corrected chi connectivity index (χ4v) is 5.95. The summed E-state index contributed by atoms with van der Waals surface area (Å²) in [6.45, 7) is 5.90. The van der Waals surface area contributed by atoms with Crippen LogP contribution in [0.15, 0.2) is 60.2 Å². The van der Waals surface area contributed by atoms with Crippen molar-refractivity contribution >= 4 is 44.1 Å². The highest BCUT2D eigenvalue weighted by atomic mass is 32.1. The molecule has 0 radical (unpaired) electrons. The van der Waals surface area contributed by atoms with Crippen LogP contribution in [-0.4, -0.2) is 36.0 Å². The molecule has 5 rings (SSSR count). The van der Waals surface area contributed by atoms with Crippen LogP contribution in [0.2, 0.25) is 0 Å². The normalized spacial score (nSPS) is 17.0. The number of methoxy groups -OCH3 is 2. The van der Waals surface area contributed by atoms with E-state index in [0.29, 0.717) is 27.8 Å². The lowest BCUT2D eigenvalue weighted by Crippen LogP contribution is -2.29. The summed E-state index contributed by atoms with van der Waals surface area (Å²) in [5, 5.41) is 11.8. The third kappa shape index (κ3) is 4.03. The van der Waals surface area contributed by atoms with Crippen LogP contribution in [0.25, 0.3) is 16.0 Å². The minimum Gasteiger partial charge on any atom is -0.507 e. The van der Waals surface area contributed by atoms with Gasteiger partial charge in [-0.05, 0) is 44.0 Å². The number of rotatable bonds is 5. The molecule has 0 spiro atoms. The SMILES string of the molecule is COc1cccc([C@H]2/C(=C(\O)c3ccc(C)cc3)C(=O)C(=O)N2c2nc3c(C)cc(C)cc3s2)c1OC. The molecule has 1 saturated heterocycles. The lowest BCUT2D eigenvalue weighted by Gasteiger charge is -2.25. The number of hydrogen-bond donors (Lipinski definition) is 1. The summed E-state index contributed by atoms with van der Waals surface area (Å²) in [4.78, 5) is 33.3. The number of nitrogens with zero attached hydrogens (tertiary/aromatic N) is 2. The molecule has 1 aliphatic heterocycles. The van der Waals surface area contributed by atoms with Crippen LogP contribution in [0.1, 0.15) is 33.9 Å². The second-order valence-electron chi connectivity index (χ2n) is 9.04. The van der Waals surface area contributed by atoms with Gasteiger partial charge in [0.15, 0.2) is 16.6 Å². The van der Waals surface area contributed by atoms with Gasteiger partial charge in [-0.25, -0.2) is 4.98 Å². The van der Waals surface area contributed by atoms with Crippen molar-refractivity contribution < 1.29 is 24.2 Å². The Morgan fingerprint density at radius 3 is 2.38 bits per heavy atom. The zero-order valence-corrected chi connectivity index (χ0v) is 22.0. The number of Topliss-reactive ketones (excluding diaryl/α,β-unsaturated/α-hetero) is 1. The van der Waals surface area contributed by atoms with Gasteiger partial charge >= 0.3 is 5.91 Å². The summed E-state index contributed by atoms with van der Waals surface area (Å²) in [5.41, 5.74) is 4.73. The van der Waals surface area contributed by atoms with Crippen molar-refractivity contribution in [1.29, 1.82) is 0 Å². The number of aromatic nitrogens is 1. The molecule has 1 N–H and O–H groups in total. The van der Waals surface area contributed by atoms with E-state index in [1.165, 1.54) is 30.5 Å². The van der Waals surface area contributed by atoms with E-state index in [0.717, 1.165) is 26.9 Å². The third-order valence-corrected chi connectivity index (χ3v) is 7.52. The average Bonchev–Trinajstić information content (AvgIpc) is 3.42. The number of aliphatic hydroxyl groups excluding tert-OH is 1. The van der Waals surface area contributed by atoms with Crippen molar-refractivity contribution in [1.82, 2.24) is 4.98 Å². The molecule has 37 heavy (non-hydrogen) atoms. The predicted molar refractivity (Wildman–Crippen MR) is 145 cm³/mol. The van der Waals surface area contributed by atoms with Crippen LogP contribution in [0.5, 0.6) is 11.5 Å². The molecule has 1 atom stereocenters. The lowest BCUT2D eigenvalue weighted by atomic mass is 9.94. The van der Waals surface area contributed by atoms with Gasteiger partial charge in [-0.3, -0.25) is 14.5 Å². The van der Waals surface area contributed by atoms with E-state index >= 15 is 0 Å². The zero-order valence-electron chi connectivity index (χ0n) is 21.2. The Morgan fingerprint density at radius 1 is 0.973 bits per heavy atom. The van der Waals surface area contributed by atoms with Gasteiger partial charge < -0.3 is 14.6 Å². The molecular weight excluding hydrogens is 488 g/mol. The molecule has 3 aromatic carbocycles. The maximum absolute atomic E-state index is 13.6. The molecule has 8 heteroatoms. The number of aryl methyl sites for hydroxylation is 3. The Balaban J connectivity index is 1.80. The first-order valence-electron chi connectivity index (χ1n) is 11.7. The minimum absolute atomic E-state index is 0.0347. The van der Waals surface area contributed by atoms with Gasteiger partial charge in [0.2, 0.25) is 0 Å². The molecule has 2 heterocycles. The summed E-state index contributed by atoms with van der Waals surface area (Å²) in [6, 6.07) is 15.4. The molecule has 4 aromatic rings. The number of ether oxygens (including phenoxy) is 2. The molecule has 188 valence electrons. The first-order valence-corrected chi connectivity index (χ1v) is 12.5. The molecule has 1 fully saturated rings. The van der Waals surface area contributed by atoms with Crippen LogP contribution in [0, 0.1) is 20.8 Å². The molecule has 0 bridgehead atoms. The monoisotopic (exact) mass is 514 g/mol. The minimum atomic E-state index is -0.978. The number of amides is 1. The van der Waals surface area contributed by atoms with E-state index in [1.54, 1.807) is 30.3 Å². The summed E-state index contributed by atoms with van der Waals surface area (Å²) < 4.78 is 12.1. The number of carbonyl (C=O) groups is 2. The molecule has 0 unspecified atom stereocenters. The number of aliphatic hydroxyl groups is 1. The number of anilines is 1. The highest BCUT2D eigenvalue weighted by molar-refractivity contribution is 7.22. The molecule has 0 aliphatic carbocycles. The van der Waals surface area contributed by atoms with Crippen LogP contribution in [0.4, 0.5) is 5.13 Å². The van der Waals surface area contributed by atoms with Crippen molar-refractivity contribution in [2.75, 3.05) is 19.1 Å². The van der Waals surface area contributed by atoms with E-state index in [2.05, 4.69) is 0 Å². The van der Waals surface area contributed by atoms with Crippen molar-refractivity contribution in [3.63, 3.8) is 0 Å². The third-order valence-electron chi connectivity index (χ3n) is 6.52. The Kier molecular flexibility index (Phi) is 6.21. The van der Waals surface area contributed by atoms with E-state index < -0.39 is 17.7 Å². The second kappa shape index (κ2) is 9.37. The Bertz CT molecular complexity index is 1590. The van der Waals surface area contributed by atoms with Gasteiger partial charge in [-0.2, -0.15) is 0 Å². The molecule has 0 saturated carbocycles. The fraction of sp³-hybridized carbons (Fsp3) is 0.207. The number of thiazole rings is 1. The van der Waals surface area contributed by atoms with Gasteiger partial charge in [-0.15, -0.1) is 0 Å². The van der Waals surface area contributed by atoms with E-state index in [1.807, 2.05) is 45.0 Å². The fourth-order valence-electron chi connectivity index (χ4n) is 4.78. The molecular formula is C29H26N2O5S. The summed E-state index contributed by atoms with van der Waals surface area (Å²) >= 11 is 1.33. The van der Waals surface area contributed by atoms with Crippen LogP contribution >= 0.6 is 11.3 Å². The van der Waals surface area contributed by atoms with E-state index in [9.17, 15) is 14.7 Å². The van der Waals surface area contributed by atoms with E-state index in [4.69, 9.17) is 14.5 Å². The number of ketones is 1. The highest BCUT2D eigenvalue weighted by Crippen LogP contribution is 2.48. The Morgan fingerprint density at radius 2 is 1.70 bits per heavy atom. The van der Waals surface area contributed by atoms with Gasteiger partial charge in [-0.1, -0.05) is 59.4 Å². The van der Waals surface area contributed by atoms with Gasteiger partial charge in [0.1, 0.15) is 11.8 Å². The van der Waals surface area contributed by atoms with Gasteiger partial charge in [0.25, 0.3) is 5.78 Å². The maximum Gasteiger partial charge on any atom is 0.301 e. The number of fused-ring (bicyclic) bond motifs is 1. The van der Waals surface area contributed by atoms with Crippen molar-refractivity contribution in [3.8, 4) is 11.5 Å². The van der Waals surface area contributed by atoms with Gasteiger partial charge in [0.05, 0.1) is 30.0 Å². The predicted octanol–water partition coefficient (Wildman–Crippen LogP) is 5.87. The quantitative estimate of drug-likeness (QED) is 0.204. The second-order valence-corrected chi connectivity index (χ2v) is 10.1. The van der Waals surface area contributed by atoms with Gasteiger partial charge in [0, 0.05) is 11.1 Å². The summed E-state index contributed by atoms with van der Waals surface area (Å²) in [7, 11) is 3.01. The summed E-state index contributed by atoms with van der Waals surface area (Å²) in [5.74, 6) is -1.01. The zero-order chi connectivity index (χ0) is 26.4. The highest BCUT2D eigenvalue weighted by Gasteiger charge is 2.49. The number of benzene rings is 3. The topological polar surface area (TPSA) is 89.0 Å². The average molecular weight is 515 g/mol. The van der Waals surface area contributed by atoms with Crippen LogP contribution in [0.3, 0.4) is 0 Å². The van der Waals surface area contributed by atoms with Crippen LogP contribution in [-0.2, 0) is 9.59 Å². The molecule has 1 amide bonds. The van der Waals surface area contributed by atoms with E-state index in [-0.39, 0.29) is 11.3 Å². The molecule has 7 nitrogen and oxygen atoms in total. The van der Waals surface area contributed by atoms with Crippen LogP contribution < -0.4 is 14.4 Å². The maximum atomic E-state index is 13.6. The lowest BCUT2D eigenvalue weighted by molar-refractivity contribution is -0.132. The standard InChI is InChI=1S/C29H26N2O5S/c1-15-9-11-18(12-10-15)25(32)22-24(19-7-6-8-20(35-4)27(19)36-5)31(28(34)26(22)33)29-30-23-17(3)13-16(2)14-21(23)37-29/h6-14,24,32H,1-5H3/b25-22+/t24-/m0/s1. The first-order chi connectivity index (χ1) is 17.7. The molecule has 1 aromatic heterocycles. The molecule has 1 aliphatic rings. The number of hydrogen-bond acceptors (Lipinski definition) is 7.